The van der Waals surface area contributed by atoms with Crippen molar-refractivity contribution in [3.63, 3.8) is 0 Å². The summed E-state index contributed by atoms with van der Waals surface area (Å²) in [5, 5.41) is 3.12. The monoisotopic (exact) mass is 322 g/mol. The first kappa shape index (κ1) is 14.3. The molecule has 2 rings (SSSR count). The number of furan rings is 1. The van der Waals surface area contributed by atoms with Gasteiger partial charge in [0.05, 0.1) is 12.8 Å². The van der Waals surface area contributed by atoms with Gasteiger partial charge >= 0.3 is 0 Å². The number of halogens is 1. The normalized spacial score (nSPS) is 11.2. The molecule has 0 spiro atoms. The van der Waals surface area contributed by atoms with Crippen LogP contribution in [0.15, 0.2) is 45.5 Å². The predicted octanol–water partition coefficient (Wildman–Crippen LogP) is 3.39. The molecule has 0 bridgehead atoms. The van der Waals surface area contributed by atoms with E-state index in [0.29, 0.717) is 0 Å². The van der Waals surface area contributed by atoms with Gasteiger partial charge < -0.3 is 9.73 Å². The highest BCUT2D eigenvalue weighted by Gasteiger charge is 2.08. The molecule has 0 amide bonds. The smallest absolute Gasteiger partial charge is 0.122 e. The third-order valence-corrected chi connectivity index (χ3v) is 3.51. The molecule has 1 aromatic carbocycles. The minimum absolute atomic E-state index is 0.772. The van der Waals surface area contributed by atoms with Crippen LogP contribution >= 0.6 is 15.9 Å². The molecule has 0 radical (unpaired) electrons. The SMILES string of the molecule is CNCc1occc1CN(C)Cc1ccc(Br)cc1. The van der Waals surface area contributed by atoms with E-state index in [0.717, 1.165) is 29.9 Å². The fourth-order valence-electron chi connectivity index (χ4n) is 2.07. The van der Waals surface area contributed by atoms with Gasteiger partial charge in [-0.2, -0.15) is 0 Å². The van der Waals surface area contributed by atoms with Gasteiger partial charge in [-0.15, -0.1) is 0 Å². The summed E-state index contributed by atoms with van der Waals surface area (Å²) in [5.74, 6) is 1.02. The van der Waals surface area contributed by atoms with E-state index in [4.69, 9.17) is 4.42 Å². The minimum Gasteiger partial charge on any atom is -0.468 e. The molecule has 2 aromatic rings. The predicted molar refractivity (Wildman–Crippen MR) is 80.8 cm³/mol. The third-order valence-electron chi connectivity index (χ3n) is 2.98. The van der Waals surface area contributed by atoms with Gasteiger partial charge in [0.2, 0.25) is 0 Å². The van der Waals surface area contributed by atoms with E-state index in [-0.39, 0.29) is 0 Å². The van der Waals surface area contributed by atoms with Gasteiger partial charge in [0, 0.05) is 23.1 Å². The number of benzene rings is 1. The van der Waals surface area contributed by atoms with Gasteiger partial charge in [-0.25, -0.2) is 0 Å². The Hall–Kier alpha value is -1.10. The number of rotatable bonds is 6. The maximum atomic E-state index is 5.48. The van der Waals surface area contributed by atoms with Crippen molar-refractivity contribution in [2.24, 2.45) is 0 Å². The molecule has 1 heterocycles. The second-order valence-corrected chi connectivity index (χ2v) is 5.61. The lowest BCUT2D eigenvalue weighted by Gasteiger charge is -2.16. The van der Waals surface area contributed by atoms with Gasteiger partial charge in [-0.1, -0.05) is 28.1 Å². The Kier molecular flexibility index (Phi) is 5.19. The zero-order chi connectivity index (χ0) is 13.7. The molecule has 4 heteroatoms. The molecule has 3 nitrogen and oxygen atoms in total. The van der Waals surface area contributed by atoms with Gasteiger partial charge in [0.1, 0.15) is 5.76 Å². The van der Waals surface area contributed by atoms with Gasteiger partial charge in [0.15, 0.2) is 0 Å². The largest absolute Gasteiger partial charge is 0.468 e. The lowest BCUT2D eigenvalue weighted by atomic mass is 10.2. The van der Waals surface area contributed by atoms with E-state index in [2.05, 4.69) is 57.5 Å². The van der Waals surface area contributed by atoms with Crippen molar-refractivity contribution in [3.8, 4) is 0 Å². The second kappa shape index (κ2) is 6.89. The van der Waals surface area contributed by atoms with Crippen LogP contribution in [0, 0.1) is 0 Å². The first-order chi connectivity index (χ1) is 9.19. The fraction of sp³-hybridized carbons (Fsp3) is 0.333. The van der Waals surface area contributed by atoms with Crippen LogP contribution in [0.5, 0.6) is 0 Å². The number of nitrogens with one attached hydrogen (secondary N) is 1. The number of hydrogen-bond acceptors (Lipinski definition) is 3. The van der Waals surface area contributed by atoms with E-state index in [1.54, 1.807) is 6.26 Å². The van der Waals surface area contributed by atoms with Crippen LogP contribution in [0.3, 0.4) is 0 Å². The Morgan fingerprint density at radius 3 is 2.58 bits per heavy atom. The maximum absolute atomic E-state index is 5.48. The Labute approximate surface area is 122 Å². The lowest BCUT2D eigenvalue weighted by Crippen LogP contribution is -2.18. The van der Waals surface area contributed by atoms with Gasteiger partial charge in [-0.05, 0) is 37.9 Å². The number of nitrogens with zero attached hydrogens (tertiary/aromatic N) is 1. The minimum atomic E-state index is 0.772. The van der Waals surface area contributed by atoms with E-state index in [1.807, 2.05) is 13.1 Å². The molecule has 0 aliphatic heterocycles. The van der Waals surface area contributed by atoms with Crippen LogP contribution in [0.1, 0.15) is 16.9 Å². The highest BCUT2D eigenvalue weighted by molar-refractivity contribution is 9.10. The Morgan fingerprint density at radius 1 is 1.16 bits per heavy atom. The standard InChI is InChI=1S/C15H19BrN2O/c1-17-9-15-13(7-8-19-15)11-18(2)10-12-3-5-14(16)6-4-12/h3-8,17H,9-11H2,1-2H3. The van der Waals surface area contributed by atoms with Crippen LogP contribution in [0.2, 0.25) is 0 Å². The highest BCUT2D eigenvalue weighted by atomic mass is 79.9. The zero-order valence-electron chi connectivity index (χ0n) is 11.3. The van der Waals surface area contributed by atoms with Crippen molar-refractivity contribution < 1.29 is 4.42 Å². The second-order valence-electron chi connectivity index (χ2n) is 4.70. The summed E-state index contributed by atoms with van der Waals surface area (Å²) in [6.07, 6.45) is 1.76. The van der Waals surface area contributed by atoms with Crippen LogP contribution in [0.4, 0.5) is 0 Å². The molecule has 19 heavy (non-hydrogen) atoms. The van der Waals surface area contributed by atoms with Crippen molar-refractivity contribution in [3.05, 3.63) is 58.0 Å². The Morgan fingerprint density at radius 2 is 1.89 bits per heavy atom. The molecule has 0 aliphatic rings. The summed E-state index contributed by atoms with van der Waals surface area (Å²) in [6.45, 7) is 2.59. The summed E-state index contributed by atoms with van der Waals surface area (Å²) in [6, 6.07) is 10.5. The molecule has 1 N–H and O–H groups in total. The summed E-state index contributed by atoms with van der Waals surface area (Å²) in [7, 11) is 4.05. The summed E-state index contributed by atoms with van der Waals surface area (Å²) in [4.78, 5) is 2.28. The van der Waals surface area contributed by atoms with Crippen molar-refractivity contribution in [2.75, 3.05) is 14.1 Å². The average Bonchev–Trinajstić information content (AvgIpc) is 2.80. The van der Waals surface area contributed by atoms with Gasteiger partial charge in [-0.3, -0.25) is 4.90 Å². The molecule has 102 valence electrons. The molecule has 1 aromatic heterocycles. The zero-order valence-corrected chi connectivity index (χ0v) is 12.9. The third kappa shape index (κ3) is 4.20. The number of hydrogen-bond donors (Lipinski definition) is 1. The summed E-state index contributed by atoms with van der Waals surface area (Å²) < 4.78 is 6.59. The summed E-state index contributed by atoms with van der Waals surface area (Å²) in [5.41, 5.74) is 2.55. The maximum Gasteiger partial charge on any atom is 0.122 e. The van der Waals surface area contributed by atoms with Crippen LogP contribution in [0.25, 0.3) is 0 Å². The van der Waals surface area contributed by atoms with Crippen LogP contribution in [-0.4, -0.2) is 19.0 Å². The summed E-state index contributed by atoms with van der Waals surface area (Å²) >= 11 is 3.45. The molecule has 0 aliphatic carbocycles. The van der Waals surface area contributed by atoms with E-state index >= 15 is 0 Å². The topological polar surface area (TPSA) is 28.4 Å². The van der Waals surface area contributed by atoms with Crippen molar-refractivity contribution in [1.29, 1.82) is 0 Å². The van der Waals surface area contributed by atoms with E-state index in [9.17, 15) is 0 Å². The molecular formula is C15H19BrN2O. The molecule has 0 unspecified atom stereocenters. The molecule has 0 saturated carbocycles. The first-order valence-electron chi connectivity index (χ1n) is 6.32. The van der Waals surface area contributed by atoms with E-state index < -0.39 is 0 Å². The first-order valence-corrected chi connectivity index (χ1v) is 7.11. The van der Waals surface area contributed by atoms with Crippen LogP contribution < -0.4 is 5.32 Å². The fourth-order valence-corrected chi connectivity index (χ4v) is 2.34. The quantitative estimate of drug-likeness (QED) is 0.883. The average molecular weight is 323 g/mol. The molecule has 0 atom stereocenters. The van der Waals surface area contributed by atoms with Crippen molar-refractivity contribution in [2.45, 2.75) is 19.6 Å². The Balaban J connectivity index is 1.95. The molecule has 0 saturated heterocycles. The molecule has 0 fully saturated rings. The van der Waals surface area contributed by atoms with Crippen LogP contribution in [-0.2, 0) is 19.6 Å². The van der Waals surface area contributed by atoms with Crippen molar-refractivity contribution >= 4 is 15.9 Å². The lowest BCUT2D eigenvalue weighted by molar-refractivity contribution is 0.315. The van der Waals surface area contributed by atoms with E-state index in [1.165, 1.54) is 11.1 Å². The highest BCUT2D eigenvalue weighted by Crippen LogP contribution is 2.15. The van der Waals surface area contributed by atoms with Crippen molar-refractivity contribution in [1.82, 2.24) is 10.2 Å². The molecular weight excluding hydrogens is 304 g/mol. The Bertz CT molecular complexity index is 507. The van der Waals surface area contributed by atoms with Gasteiger partial charge in [0.25, 0.3) is 0 Å².